The van der Waals surface area contributed by atoms with Gasteiger partial charge in [0.05, 0.1) is 0 Å². The molecule has 276 valence electrons. The summed E-state index contributed by atoms with van der Waals surface area (Å²) in [5.74, 6) is 0. The second-order valence-electron chi connectivity index (χ2n) is 16.8. The third-order valence-corrected chi connectivity index (χ3v) is 13.2. The van der Waals surface area contributed by atoms with Crippen LogP contribution in [-0.4, -0.2) is 0 Å². The highest BCUT2D eigenvalue weighted by atomic mass is 14.4. The average molecular weight is 749 g/mol. The van der Waals surface area contributed by atoms with Crippen molar-refractivity contribution in [2.24, 2.45) is 0 Å². The molecule has 1 aliphatic rings. The van der Waals surface area contributed by atoms with Crippen molar-refractivity contribution in [3.8, 4) is 55.6 Å². The van der Waals surface area contributed by atoms with Gasteiger partial charge in [-0.15, -0.1) is 0 Å². The van der Waals surface area contributed by atoms with Crippen molar-refractivity contribution < 1.29 is 0 Å². The van der Waals surface area contributed by atoms with Gasteiger partial charge in [0.25, 0.3) is 0 Å². The highest BCUT2D eigenvalue weighted by Crippen LogP contribution is 2.54. The molecular formula is C59H40. The minimum Gasteiger partial charge on any atom is -0.0616 e. The molecule has 0 heterocycles. The highest BCUT2D eigenvalue weighted by Gasteiger charge is 2.38. The second-order valence-corrected chi connectivity index (χ2v) is 16.8. The predicted octanol–water partition coefficient (Wildman–Crippen LogP) is 16.4. The molecule has 1 aliphatic carbocycles. The molecule has 0 aromatic heterocycles. The van der Waals surface area contributed by atoms with Crippen LogP contribution >= 0.6 is 0 Å². The molecule has 0 saturated heterocycles. The first-order chi connectivity index (χ1) is 29.0. The number of hydrogen-bond acceptors (Lipinski definition) is 0. The van der Waals surface area contributed by atoms with E-state index in [1.807, 2.05) is 0 Å². The van der Waals surface area contributed by atoms with Crippen molar-refractivity contribution in [3.63, 3.8) is 0 Å². The van der Waals surface area contributed by atoms with Crippen LogP contribution < -0.4 is 0 Å². The van der Waals surface area contributed by atoms with Crippen LogP contribution in [-0.2, 0) is 5.41 Å². The first-order valence-corrected chi connectivity index (χ1v) is 20.8. The van der Waals surface area contributed by atoms with E-state index >= 15 is 0 Å². The molecule has 0 unspecified atom stereocenters. The van der Waals surface area contributed by atoms with Gasteiger partial charge in [-0.1, -0.05) is 196 Å². The summed E-state index contributed by atoms with van der Waals surface area (Å²) in [4.78, 5) is 0. The van der Waals surface area contributed by atoms with E-state index in [-0.39, 0.29) is 5.41 Å². The average Bonchev–Trinajstić information content (AvgIpc) is 3.52. The maximum atomic E-state index is 2.44. The third kappa shape index (κ3) is 5.03. The van der Waals surface area contributed by atoms with E-state index in [1.54, 1.807) is 0 Å². The minimum absolute atomic E-state index is 0.147. The lowest BCUT2D eigenvalue weighted by Gasteiger charge is -2.25. The van der Waals surface area contributed by atoms with Crippen LogP contribution in [0.5, 0.6) is 0 Å². The Bertz CT molecular complexity index is 3470. The van der Waals surface area contributed by atoms with Crippen molar-refractivity contribution in [1.82, 2.24) is 0 Å². The third-order valence-electron chi connectivity index (χ3n) is 13.2. The Morgan fingerprint density at radius 2 is 0.746 bits per heavy atom. The van der Waals surface area contributed by atoms with Crippen LogP contribution in [0.2, 0.25) is 0 Å². The van der Waals surface area contributed by atoms with E-state index < -0.39 is 0 Å². The Morgan fingerprint density at radius 1 is 0.271 bits per heavy atom. The van der Waals surface area contributed by atoms with Gasteiger partial charge in [0, 0.05) is 5.41 Å². The SMILES string of the molecule is CC1(C)c2cc3ccccc3cc2-c2cccc(-c3cccc(-c4c5ccccc5c(-c5ccccc5-c5cc6ccccc6c6ccccc56)c5ccccc45)c3)c21. The zero-order chi connectivity index (χ0) is 39.2. The van der Waals surface area contributed by atoms with Gasteiger partial charge in [-0.25, -0.2) is 0 Å². The zero-order valence-corrected chi connectivity index (χ0v) is 33.1. The Morgan fingerprint density at radius 3 is 1.46 bits per heavy atom. The van der Waals surface area contributed by atoms with Crippen LogP contribution in [0.1, 0.15) is 25.0 Å². The fourth-order valence-corrected chi connectivity index (χ4v) is 10.6. The quantitative estimate of drug-likeness (QED) is 0.124. The molecule has 0 aliphatic heterocycles. The van der Waals surface area contributed by atoms with E-state index in [4.69, 9.17) is 0 Å². The molecule has 0 amide bonds. The molecule has 0 bridgehead atoms. The molecule has 11 aromatic rings. The minimum atomic E-state index is -0.147. The number of benzene rings is 11. The first-order valence-electron chi connectivity index (χ1n) is 20.8. The van der Waals surface area contributed by atoms with E-state index in [2.05, 4.69) is 220 Å². The fraction of sp³-hybridized carbons (Fsp3) is 0.0508. The summed E-state index contributed by atoms with van der Waals surface area (Å²) >= 11 is 0. The topological polar surface area (TPSA) is 0 Å². The van der Waals surface area contributed by atoms with Gasteiger partial charge in [0.2, 0.25) is 0 Å². The van der Waals surface area contributed by atoms with Crippen molar-refractivity contribution in [2.75, 3.05) is 0 Å². The zero-order valence-electron chi connectivity index (χ0n) is 33.1. The maximum Gasteiger partial charge on any atom is 0.0165 e. The van der Waals surface area contributed by atoms with E-state index in [9.17, 15) is 0 Å². The predicted molar refractivity (Wildman–Crippen MR) is 253 cm³/mol. The molecule has 0 spiro atoms. The number of fused-ring (bicyclic) bond motifs is 9. The summed E-state index contributed by atoms with van der Waals surface area (Å²) in [6.07, 6.45) is 0. The van der Waals surface area contributed by atoms with Gasteiger partial charge in [-0.2, -0.15) is 0 Å². The van der Waals surface area contributed by atoms with Crippen LogP contribution in [0, 0.1) is 0 Å². The highest BCUT2D eigenvalue weighted by molar-refractivity contribution is 6.23. The van der Waals surface area contributed by atoms with Crippen molar-refractivity contribution in [1.29, 1.82) is 0 Å². The normalized spacial score (nSPS) is 13.1. The Balaban J connectivity index is 1.08. The lowest BCUT2D eigenvalue weighted by atomic mass is 9.78. The molecule has 11 aromatic carbocycles. The molecule has 0 fully saturated rings. The largest absolute Gasteiger partial charge is 0.0616 e. The van der Waals surface area contributed by atoms with Crippen molar-refractivity contribution in [3.05, 3.63) is 217 Å². The molecule has 0 saturated carbocycles. The number of hydrogen-bond donors (Lipinski definition) is 0. The van der Waals surface area contributed by atoms with Crippen molar-refractivity contribution >= 4 is 53.9 Å². The van der Waals surface area contributed by atoms with Crippen molar-refractivity contribution in [2.45, 2.75) is 19.3 Å². The smallest absolute Gasteiger partial charge is 0.0165 e. The van der Waals surface area contributed by atoms with Crippen LogP contribution in [0.15, 0.2) is 206 Å². The Hall–Kier alpha value is -7.28. The maximum absolute atomic E-state index is 2.44. The first kappa shape index (κ1) is 33.8. The molecular weight excluding hydrogens is 709 g/mol. The summed E-state index contributed by atoms with van der Waals surface area (Å²) < 4.78 is 0. The summed E-state index contributed by atoms with van der Waals surface area (Å²) in [5, 5.41) is 12.7. The lowest BCUT2D eigenvalue weighted by Crippen LogP contribution is -2.16. The van der Waals surface area contributed by atoms with Gasteiger partial charge < -0.3 is 0 Å². The summed E-state index contributed by atoms with van der Waals surface area (Å²) in [6, 6.07) is 77.0. The molecule has 59 heavy (non-hydrogen) atoms. The molecule has 12 rings (SSSR count). The molecule has 0 N–H and O–H groups in total. The van der Waals surface area contributed by atoms with Crippen LogP contribution in [0.25, 0.3) is 109 Å². The van der Waals surface area contributed by atoms with E-state index in [0.717, 1.165) is 0 Å². The van der Waals surface area contributed by atoms with Crippen LogP contribution in [0.4, 0.5) is 0 Å². The number of rotatable bonds is 4. The molecule has 0 radical (unpaired) electrons. The Labute approximate surface area is 344 Å². The van der Waals surface area contributed by atoms with E-state index in [0.29, 0.717) is 0 Å². The van der Waals surface area contributed by atoms with Gasteiger partial charge in [0.1, 0.15) is 0 Å². The molecule has 0 nitrogen and oxygen atoms in total. The Kier molecular flexibility index (Phi) is 7.38. The fourth-order valence-electron chi connectivity index (χ4n) is 10.6. The summed E-state index contributed by atoms with van der Waals surface area (Å²) in [6.45, 7) is 4.80. The molecule has 0 atom stereocenters. The van der Waals surface area contributed by atoms with Crippen LogP contribution in [0.3, 0.4) is 0 Å². The van der Waals surface area contributed by atoms with Gasteiger partial charge in [-0.05, 0) is 145 Å². The lowest BCUT2D eigenvalue weighted by molar-refractivity contribution is 0.663. The second kappa shape index (κ2) is 12.9. The molecule has 0 heteroatoms. The van der Waals surface area contributed by atoms with Gasteiger partial charge in [0.15, 0.2) is 0 Å². The standard InChI is InChI=1S/C59H40/c1-59(2)55-36-38-18-4-3-17-37(38)34-54(55)52-32-16-31-43(58(52)59)39-20-15-21-41(33-39)56-48-27-11-13-29-50(48)57(51-30-14-12-28-49(51)56)47-26-10-9-25-46(47)53-35-40-19-5-6-22-42(40)44-23-7-8-24-45(44)53/h3-36H,1-2H3. The monoisotopic (exact) mass is 748 g/mol. The van der Waals surface area contributed by atoms with E-state index in [1.165, 1.54) is 121 Å². The summed E-state index contributed by atoms with van der Waals surface area (Å²) in [7, 11) is 0. The van der Waals surface area contributed by atoms with Gasteiger partial charge in [-0.3, -0.25) is 0 Å². The van der Waals surface area contributed by atoms with Gasteiger partial charge >= 0.3 is 0 Å². The summed E-state index contributed by atoms with van der Waals surface area (Å²) in [5.41, 5.74) is 15.4.